The Balaban J connectivity index is 2.00. The highest BCUT2D eigenvalue weighted by Crippen LogP contribution is 2.41. The standard InChI is InChI=1S/C14H16O4/c1-3-18-10-6-4-9(5-7-10)13(15)11-8-12(11)14(16)17-2/h4-7,11-12H,3,8H2,1-2H3/t11-,12+/m0/s1. The van der Waals surface area contributed by atoms with Gasteiger partial charge < -0.3 is 9.47 Å². The number of Topliss-reactive ketones (excluding diaryl/α,β-unsaturated/α-hetero) is 1. The molecule has 1 aromatic rings. The van der Waals surface area contributed by atoms with Crippen LogP contribution in [0, 0.1) is 11.8 Å². The first-order chi connectivity index (χ1) is 8.67. The van der Waals surface area contributed by atoms with Crippen molar-refractivity contribution in [2.75, 3.05) is 13.7 Å². The number of benzene rings is 1. The molecule has 0 heterocycles. The van der Waals surface area contributed by atoms with Crippen molar-refractivity contribution in [3.63, 3.8) is 0 Å². The topological polar surface area (TPSA) is 52.6 Å². The molecule has 1 fully saturated rings. The smallest absolute Gasteiger partial charge is 0.309 e. The largest absolute Gasteiger partial charge is 0.494 e. The predicted molar refractivity (Wildman–Crippen MR) is 65.6 cm³/mol. The maximum absolute atomic E-state index is 12.1. The molecule has 4 nitrogen and oxygen atoms in total. The van der Waals surface area contributed by atoms with Crippen LogP contribution in [0.4, 0.5) is 0 Å². The van der Waals surface area contributed by atoms with Gasteiger partial charge in [0.2, 0.25) is 0 Å². The molecular weight excluding hydrogens is 232 g/mol. The Morgan fingerprint density at radius 3 is 2.44 bits per heavy atom. The van der Waals surface area contributed by atoms with Crippen LogP contribution in [0.3, 0.4) is 0 Å². The minimum atomic E-state index is -0.292. The average Bonchev–Trinajstić information content (AvgIpc) is 3.18. The predicted octanol–water partition coefficient (Wildman–Crippen LogP) is 2.08. The summed E-state index contributed by atoms with van der Waals surface area (Å²) in [6.07, 6.45) is 0.596. The Kier molecular flexibility index (Phi) is 3.65. The Bertz CT molecular complexity index is 449. The highest BCUT2D eigenvalue weighted by atomic mass is 16.5. The van der Waals surface area contributed by atoms with Crippen molar-refractivity contribution < 1.29 is 19.1 Å². The lowest BCUT2D eigenvalue weighted by Crippen LogP contribution is -2.10. The van der Waals surface area contributed by atoms with Gasteiger partial charge in [-0.2, -0.15) is 0 Å². The molecule has 0 saturated heterocycles. The van der Waals surface area contributed by atoms with Crippen LogP contribution in [0.5, 0.6) is 5.75 Å². The van der Waals surface area contributed by atoms with Crippen molar-refractivity contribution in [2.45, 2.75) is 13.3 Å². The second-order valence-corrected chi connectivity index (χ2v) is 4.29. The summed E-state index contributed by atoms with van der Waals surface area (Å²) in [7, 11) is 1.35. The Morgan fingerprint density at radius 2 is 1.89 bits per heavy atom. The molecule has 96 valence electrons. The van der Waals surface area contributed by atoms with E-state index in [4.69, 9.17) is 4.74 Å². The van der Waals surface area contributed by atoms with Gasteiger partial charge in [0.05, 0.1) is 19.6 Å². The van der Waals surface area contributed by atoms with Gasteiger partial charge in [0.15, 0.2) is 5.78 Å². The zero-order valence-electron chi connectivity index (χ0n) is 10.5. The van der Waals surface area contributed by atoms with E-state index in [2.05, 4.69) is 4.74 Å². The molecule has 1 saturated carbocycles. The summed E-state index contributed by atoms with van der Waals surface area (Å²) in [4.78, 5) is 23.3. The van der Waals surface area contributed by atoms with E-state index in [1.54, 1.807) is 24.3 Å². The van der Waals surface area contributed by atoms with Crippen LogP contribution in [-0.4, -0.2) is 25.5 Å². The number of methoxy groups -OCH3 is 1. The minimum Gasteiger partial charge on any atom is -0.494 e. The first-order valence-electron chi connectivity index (χ1n) is 6.02. The molecule has 1 aliphatic carbocycles. The van der Waals surface area contributed by atoms with Gasteiger partial charge in [-0.3, -0.25) is 9.59 Å². The molecule has 0 bridgehead atoms. The van der Waals surface area contributed by atoms with Gasteiger partial charge in [0.25, 0.3) is 0 Å². The van der Waals surface area contributed by atoms with Crippen LogP contribution in [-0.2, 0) is 9.53 Å². The third kappa shape index (κ3) is 2.53. The maximum atomic E-state index is 12.1. The van der Waals surface area contributed by atoms with E-state index in [1.165, 1.54) is 7.11 Å². The fraction of sp³-hybridized carbons (Fsp3) is 0.429. The lowest BCUT2D eigenvalue weighted by atomic mass is 10.1. The molecule has 2 rings (SSSR count). The van der Waals surface area contributed by atoms with Gasteiger partial charge in [-0.05, 0) is 37.6 Å². The van der Waals surface area contributed by atoms with Crippen molar-refractivity contribution in [3.8, 4) is 5.75 Å². The molecule has 18 heavy (non-hydrogen) atoms. The molecule has 0 spiro atoms. The average molecular weight is 248 g/mol. The summed E-state index contributed by atoms with van der Waals surface area (Å²) in [6, 6.07) is 7.01. The number of carbonyl (C=O) groups excluding carboxylic acids is 2. The first-order valence-corrected chi connectivity index (χ1v) is 6.02. The number of ketones is 1. The molecule has 0 radical (unpaired) electrons. The van der Waals surface area contributed by atoms with Gasteiger partial charge in [-0.25, -0.2) is 0 Å². The van der Waals surface area contributed by atoms with Crippen molar-refractivity contribution in [3.05, 3.63) is 29.8 Å². The lowest BCUT2D eigenvalue weighted by molar-refractivity contribution is -0.142. The SMILES string of the molecule is CCOc1ccc(C(=O)[C@H]2C[C@H]2C(=O)OC)cc1. The van der Waals surface area contributed by atoms with Crippen LogP contribution in [0.2, 0.25) is 0 Å². The molecule has 0 amide bonds. The highest BCUT2D eigenvalue weighted by molar-refractivity contribution is 6.02. The molecule has 0 N–H and O–H groups in total. The summed E-state index contributed by atoms with van der Waals surface area (Å²) in [6.45, 7) is 2.50. The summed E-state index contributed by atoms with van der Waals surface area (Å²) in [5.41, 5.74) is 0.620. The second kappa shape index (κ2) is 5.21. The molecule has 4 heteroatoms. The van der Waals surface area contributed by atoms with E-state index in [9.17, 15) is 9.59 Å². The summed E-state index contributed by atoms with van der Waals surface area (Å²) < 4.78 is 9.94. The molecule has 1 aliphatic rings. The fourth-order valence-corrected chi connectivity index (χ4v) is 1.99. The van der Waals surface area contributed by atoms with E-state index >= 15 is 0 Å². The van der Waals surface area contributed by atoms with Gasteiger partial charge in [0, 0.05) is 11.5 Å². The Morgan fingerprint density at radius 1 is 1.22 bits per heavy atom. The molecule has 0 aliphatic heterocycles. The molecule has 2 atom stereocenters. The molecule has 0 unspecified atom stereocenters. The highest BCUT2D eigenvalue weighted by Gasteiger charge is 2.48. The van der Waals surface area contributed by atoms with E-state index in [1.807, 2.05) is 6.92 Å². The van der Waals surface area contributed by atoms with Crippen LogP contribution in [0.1, 0.15) is 23.7 Å². The zero-order chi connectivity index (χ0) is 13.1. The number of hydrogen-bond acceptors (Lipinski definition) is 4. The minimum absolute atomic E-state index is 0.00782. The first kappa shape index (κ1) is 12.6. The van der Waals surface area contributed by atoms with E-state index in [0.717, 1.165) is 5.75 Å². The van der Waals surface area contributed by atoms with Crippen LogP contribution in [0.25, 0.3) is 0 Å². The fourth-order valence-electron chi connectivity index (χ4n) is 1.99. The van der Waals surface area contributed by atoms with Crippen LogP contribution >= 0.6 is 0 Å². The number of carbonyl (C=O) groups is 2. The van der Waals surface area contributed by atoms with Crippen molar-refractivity contribution in [1.82, 2.24) is 0 Å². The number of esters is 1. The monoisotopic (exact) mass is 248 g/mol. The van der Waals surface area contributed by atoms with E-state index in [0.29, 0.717) is 18.6 Å². The zero-order valence-corrected chi connectivity index (χ0v) is 10.5. The molecular formula is C14H16O4. The third-order valence-corrected chi connectivity index (χ3v) is 3.08. The molecule has 1 aromatic carbocycles. The van der Waals surface area contributed by atoms with Crippen molar-refractivity contribution in [2.24, 2.45) is 11.8 Å². The summed E-state index contributed by atoms with van der Waals surface area (Å²) >= 11 is 0. The lowest BCUT2D eigenvalue weighted by Gasteiger charge is -2.04. The normalized spacial score (nSPS) is 21.2. The Hall–Kier alpha value is -1.84. The second-order valence-electron chi connectivity index (χ2n) is 4.29. The summed E-state index contributed by atoms with van der Waals surface area (Å²) in [5, 5.41) is 0. The van der Waals surface area contributed by atoms with Gasteiger partial charge in [-0.1, -0.05) is 0 Å². The molecule has 0 aromatic heterocycles. The number of hydrogen-bond donors (Lipinski definition) is 0. The number of rotatable bonds is 5. The maximum Gasteiger partial charge on any atom is 0.309 e. The van der Waals surface area contributed by atoms with Gasteiger partial charge >= 0.3 is 5.97 Å². The van der Waals surface area contributed by atoms with Gasteiger partial charge in [0.1, 0.15) is 5.75 Å². The van der Waals surface area contributed by atoms with Crippen molar-refractivity contribution in [1.29, 1.82) is 0 Å². The number of ether oxygens (including phenoxy) is 2. The van der Waals surface area contributed by atoms with Crippen LogP contribution < -0.4 is 4.74 Å². The van der Waals surface area contributed by atoms with E-state index in [-0.39, 0.29) is 23.6 Å². The quantitative estimate of drug-likeness (QED) is 0.591. The Labute approximate surface area is 106 Å². The van der Waals surface area contributed by atoms with Crippen LogP contribution in [0.15, 0.2) is 24.3 Å². The van der Waals surface area contributed by atoms with E-state index < -0.39 is 0 Å². The summed E-state index contributed by atoms with van der Waals surface area (Å²) in [5.74, 6) is -0.00781. The third-order valence-electron chi connectivity index (χ3n) is 3.08. The van der Waals surface area contributed by atoms with Crippen molar-refractivity contribution >= 4 is 11.8 Å². The van der Waals surface area contributed by atoms with Gasteiger partial charge in [-0.15, -0.1) is 0 Å².